The zero-order valence-corrected chi connectivity index (χ0v) is 17.0. The first-order chi connectivity index (χ1) is 13.0. The maximum Gasteiger partial charge on any atom is 0.237 e. The third-order valence-corrected chi connectivity index (χ3v) is 7.44. The molecule has 2 aliphatic rings. The molecular formula is C20H31N3O3S. The number of hydrogen-bond acceptors (Lipinski definition) is 5. The van der Waals surface area contributed by atoms with Crippen molar-refractivity contribution in [2.45, 2.75) is 25.8 Å². The van der Waals surface area contributed by atoms with Gasteiger partial charge in [0.25, 0.3) is 0 Å². The van der Waals surface area contributed by atoms with Gasteiger partial charge in [0.15, 0.2) is 9.84 Å². The third-order valence-electron chi connectivity index (χ3n) is 5.69. The highest BCUT2D eigenvalue weighted by Gasteiger charge is 2.34. The Hall–Kier alpha value is -1.44. The SMILES string of the molecule is CCN(C(=O)CN1CCN(CCc2ccccc2)CC1)C1CCS(=O)(=O)C1. The molecule has 3 rings (SSSR count). The monoisotopic (exact) mass is 393 g/mol. The molecular weight excluding hydrogens is 362 g/mol. The molecule has 0 N–H and O–H groups in total. The molecule has 2 saturated heterocycles. The summed E-state index contributed by atoms with van der Waals surface area (Å²) in [6.45, 7) is 7.69. The van der Waals surface area contributed by atoms with Crippen molar-refractivity contribution < 1.29 is 13.2 Å². The Bertz CT molecular complexity index is 715. The van der Waals surface area contributed by atoms with Crippen LogP contribution in [0.3, 0.4) is 0 Å². The standard InChI is InChI=1S/C20H31N3O3S/c1-2-23(19-9-15-27(25,26)17-19)20(24)16-22-13-11-21(12-14-22)10-8-18-6-4-3-5-7-18/h3-7,19H,2,8-17H2,1H3. The van der Waals surface area contributed by atoms with Gasteiger partial charge in [0.05, 0.1) is 18.1 Å². The number of hydrogen-bond donors (Lipinski definition) is 0. The Morgan fingerprint density at radius 1 is 1.11 bits per heavy atom. The van der Waals surface area contributed by atoms with Gasteiger partial charge in [-0.1, -0.05) is 30.3 Å². The average Bonchev–Trinajstić information content (AvgIpc) is 3.02. The lowest BCUT2D eigenvalue weighted by Crippen LogP contribution is -2.52. The first-order valence-corrected chi connectivity index (χ1v) is 11.8. The fourth-order valence-corrected chi connectivity index (χ4v) is 5.78. The largest absolute Gasteiger partial charge is 0.338 e. The van der Waals surface area contributed by atoms with Crippen LogP contribution < -0.4 is 0 Å². The summed E-state index contributed by atoms with van der Waals surface area (Å²) in [5.74, 6) is 0.402. The number of rotatable bonds is 7. The molecule has 2 fully saturated rings. The number of nitrogens with zero attached hydrogens (tertiary/aromatic N) is 3. The van der Waals surface area contributed by atoms with Crippen molar-refractivity contribution in [3.05, 3.63) is 35.9 Å². The van der Waals surface area contributed by atoms with E-state index in [9.17, 15) is 13.2 Å². The van der Waals surface area contributed by atoms with Crippen molar-refractivity contribution in [2.24, 2.45) is 0 Å². The van der Waals surface area contributed by atoms with Crippen LogP contribution >= 0.6 is 0 Å². The summed E-state index contributed by atoms with van der Waals surface area (Å²) >= 11 is 0. The lowest BCUT2D eigenvalue weighted by atomic mass is 10.1. The summed E-state index contributed by atoms with van der Waals surface area (Å²) in [7, 11) is -2.97. The van der Waals surface area contributed by atoms with Crippen molar-refractivity contribution in [1.29, 1.82) is 0 Å². The van der Waals surface area contributed by atoms with Crippen molar-refractivity contribution in [1.82, 2.24) is 14.7 Å². The number of benzene rings is 1. The highest BCUT2D eigenvalue weighted by molar-refractivity contribution is 7.91. The molecule has 1 unspecified atom stereocenters. The second-order valence-electron chi connectivity index (χ2n) is 7.59. The van der Waals surface area contributed by atoms with Crippen molar-refractivity contribution in [3.63, 3.8) is 0 Å². The van der Waals surface area contributed by atoms with E-state index >= 15 is 0 Å². The number of sulfone groups is 1. The van der Waals surface area contributed by atoms with E-state index in [1.165, 1.54) is 5.56 Å². The summed E-state index contributed by atoms with van der Waals surface area (Å²) in [4.78, 5) is 19.1. The lowest BCUT2D eigenvalue weighted by Gasteiger charge is -2.36. The zero-order chi connectivity index (χ0) is 19.3. The summed E-state index contributed by atoms with van der Waals surface area (Å²) in [6.07, 6.45) is 1.63. The van der Waals surface area contributed by atoms with Crippen LogP contribution in [-0.2, 0) is 21.1 Å². The quantitative estimate of drug-likeness (QED) is 0.688. The zero-order valence-electron chi connectivity index (χ0n) is 16.2. The van der Waals surface area contributed by atoms with Crippen LogP contribution in [0.2, 0.25) is 0 Å². The highest BCUT2D eigenvalue weighted by Crippen LogP contribution is 2.18. The highest BCUT2D eigenvalue weighted by atomic mass is 32.2. The molecule has 1 atom stereocenters. The van der Waals surface area contributed by atoms with E-state index < -0.39 is 9.84 Å². The van der Waals surface area contributed by atoms with Gasteiger partial charge in [-0.05, 0) is 25.3 Å². The second kappa shape index (κ2) is 9.17. The molecule has 0 radical (unpaired) electrons. The van der Waals surface area contributed by atoms with E-state index in [1.54, 1.807) is 4.90 Å². The van der Waals surface area contributed by atoms with E-state index in [1.807, 2.05) is 13.0 Å². The maximum atomic E-state index is 12.7. The van der Waals surface area contributed by atoms with Gasteiger partial charge >= 0.3 is 0 Å². The predicted octanol–water partition coefficient (Wildman–Crippen LogP) is 0.882. The fourth-order valence-electron chi connectivity index (χ4n) is 4.04. The molecule has 1 aromatic rings. The van der Waals surface area contributed by atoms with E-state index in [0.29, 0.717) is 19.5 Å². The van der Waals surface area contributed by atoms with E-state index in [2.05, 4.69) is 34.1 Å². The van der Waals surface area contributed by atoms with Gasteiger partial charge in [-0.15, -0.1) is 0 Å². The fraction of sp³-hybridized carbons (Fsp3) is 0.650. The predicted molar refractivity (Wildman–Crippen MR) is 107 cm³/mol. The average molecular weight is 394 g/mol. The van der Waals surface area contributed by atoms with E-state index in [0.717, 1.165) is 39.1 Å². The molecule has 0 saturated carbocycles. The number of likely N-dealkylation sites (N-methyl/N-ethyl adjacent to an activating group) is 1. The molecule has 1 aromatic carbocycles. The molecule has 0 aliphatic carbocycles. The Kier molecular flexibility index (Phi) is 6.89. The Morgan fingerprint density at radius 3 is 2.37 bits per heavy atom. The van der Waals surface area contributed by atoms with E-state index in [4.69, 9.17) is 0 Å². The minimum absolute atomic E-state index is 0.0670. The van der Waals surface area contributed by atoms with Crippen LogP contribution in [0, 0.1) is 0 Å². The van der Waals surface area contributed by atoms with Crippen LogP contribution in [-0.4, -0.2) is 92.4 Å². The molecule has 7 heteroatoms. The van der Waals surface area contributed by atoms with Crippen LogP contribution in [0.15, 0.2) is 30.3 Å². The van der Waals surface area contributed by atoms with Gasteiger partial charge in [-0.25, -0.2) is 8.42 Å². The molecule has 2 heterocycles. The Balaban J connectivity index is 1.42. The van der Waals surface area contributed by atoms with Gasteiger partial charge in [0, 0.05) is 45.3 Å². The summed E-state index contributed by atoms with van der Waals surface area (Å²) < 4.78 is 23.4. The third kappa shape index (κ3) is 5.77. The van der Waals surface area contributed by atoms with Gasteiger partial charge < -0.3 is 9.80 Å². The van der Waals surface area contributed by atoms with Crippen LogP contribution in [0.1, 0.15) is 18.9 Å². The maximum absolute atomic E-state index is 12.7. The van der Waals surface area contributed by atoms with Crippen LogP contribution in [0.5, 0.6) is 0 Å². The summed E-state index contributed by atoms with van der Waals surface area (Å²) in [5.41, 5.74) is 1.36. The number of carbonyl (C=O) groups is 1. The lowest BCUT2D eigenvalue weighted by molar-refractivity contribution is -0.134. The Morgan fingerprint density at radius 2 is 1.78 bits per heavy atom. The smallest absolute Gasteiger partial charge is 0.237 e. The minimum atomic E-state index is -2.97. The van der Waals surface area contributed by atoms with Crippen LogP contribution in [0.4, 0.5) is 0 Å². The molecule has 2 aliphatic heterocycles. The van der Waals surface area contributed by atoms with Crippen molar-refractivity contribution in [3.8, 4) is 0 Å². The molecule has 0 spiro atoms. The van der Waals surface area contributed by atoms with Crippen molar-refractivity contribution in [2.75, 3.05) is 57.3 Å². The molecule has 0 aromatic heterocycles. The first-order valence-electron chi connectivity index (χ1n) is 9.95. The van der Waals surface area contributed by atoms with Gasteiger partial charge in [0.2, 0.25) is 5.91 Å². The molecule has 1 amide bonds. The number of carbonyl (C=O) groups excluding carboxylic acids is 1. The normalized spacial score (nSPS) is 23.4. The molecule has 150 valence electrons. The first kappa shape index (κ1) is 20.3. The number of piperazine rings is 1. The molecule has 6 nitrogen and oxygen atoms in total. The topological polar surface area (TPSA) is 60.9 Å². The summed E-state index contributed by atoms with van der Waals surface area (Å²) in [5, 5.41) is 0. The van der Waals surface area contributed by atoms with Gasteiger partial charge in [0.1, 0.15) is 0 Å². The minimum Gasteiger partial charge on any atom is -0.338 e. The second-order valence-corrected chi connectivity index (χ2v) is 9.82. The van der Waals surface area contributed by atoms with Gasteiger partial charge in [-0.3, -0.25) is 9.69 Å². The summed E-state index contributed by atoms with van der Waals surface area (Å²) in [6, 6.07) is 10.4. The van der Waals surface area contributed by atoms with E-state index in [-0.39, 0.29) is 23.5 Å². The number of amides is 1. The van der Waals surface area contributed by atoms with Crippen LogP contribution in [0.25, 0.3) is 0 Å². The van der Waals surface area contributed by atoms with Crippen molar-refractivity contribution >= 4 is 15.7 Å². The van der Waals surface area contributed by atoms with Gasteiger partial charge in [-0.2, -0.15) is 0 Å². The Labute approximate surface area is 163 Å². The molecule has 0 bridgehead atoms. The molecule has 27 heavy (non-hydrogen) atoms.